The van der Waals surface area contributed by atoms with E-state index in [-0.39, 0.29) is 0 Å². The molecule has 0 N–H and O–H groups in total. The van der Waals surface area contributed by atoms with E-state index in [1.807, 2.05) is 18.3 Å². The van der Waals surface area contributed by atoms with Gasteiger partial charge in [-0.05, 0) is 90.0 Å². The van der Waals surface area contributed by atoms with Crippen molar-refractivity contribution in [3.63, 3.8) is 0 Å². The van der Waals surface area contributed by atoms with E-state index in [4.69, 9.17) is 0 Å². The molecule has 0 saturated heterocycles. The lowest BCUT2D eigenvalue weighted by Crippen LogP contribution is -1.91. The van der Waals surface area contributed by atoms with Gasteiger partial charge in [0.2, 0.25) is 0 Å². The predicted octanol–water partition coefficient (Wildman–Crippen LogP) is 11.2. The topological polar surface area (TPSA) is 12.9 Å². The number of nitrogens with zero attached hydrogens (tertiary/aromatic N) is 1. The summed E-state index contributed by atoms with van der Waals surface area (Å²) in [6.45, 7) is 0. The summed E-state index contributed by atoms with van der Waals surface area (Å²) in [5, 5.41) is 7.48. The van der Waals surface area contributed by atoms with E-state index in [1.54, 1.807) is 0 Å². The van der Waals surface area contributed by atoms with Crippen LogP contribution in [0.25, 0.3) is 77.0 Å². The number of hydrogen-bond acceptors (Lipinski definition) is 1. The van der Waals surface area contributed by atoms with Crippen LogP contribution in [-0.2, 0) is 0 Å². The van der Waals surface area contributed by atoms with Gasteiger partial charge in [0.25, 0.3) is 0 Å². The van der Waals surface area contributed by atoms with Crippen molar-refractivity contribution in [2.24, 2.45) is 0 Å². The number of hydrogen-bond donors (Lipinski definition) is 0. The maximum Gasteiger partial charge on any atom is 0.0702 e. The second-order valence-electron chi connectivity index (χ2n) is 10.8. The molecule has 8 rings (SSSR count). The first-order valence-electron chi connectivity index (χ1n) is 14.4. The fourth-order valence-corrected chi connectivity index (χ4v) is 6.33. The molecule has 0 bridgehead atoms. The normalized spacial score (nSPS) is 11.3. The third-order valence-electron chi connectivity index (χ3n) is 8.31. The van der Waals surface area contributed by atoms with E-state index >= 15 is 0 Å². The highest BCUT2D eigenvalue weighted by Gasteiger charge is 2.16. The van der Waals surface area contributed by atoms with Crippen LogP contribution < -0.4 is 0 Å². The molecule has 0 aliphatic carbocycles. The fraction of sp³-hybridized carbons (Fsp3) is 0. The van der Waals surface area contributed by atoms with Crippen molar-refractivity contribution in [3.8, 4) is 44.6 Å². The third-order valence-corrected chi connectivity index (χ3v) is 8.31. The quantitative estimate of drug-likeness (QED) is 0.219. The first kappa shape index (κ1) is 24.3. The maximum atomic E-state index is 4.65. The number of pyridine rings is 1. The van der Waals surface area contributed by atoms with E-state index in [0.29, 0.717) is 0 Å². The lowest BCUT2D eigenvalue weighted by Gasteiger charge is -2.18. The molecular formula is C41H27N. The summed E-state index contributed by atoms with van der Waals surface area (Å²) in [7, 11) is 0. The van der Waals surface area contributed by atoms with Gasteiger partial charge in [-0.3, -0.25) is 4.98 Å². The molecule has 0 saturated carbocycles. The van der Waals surface area contributed by atoms with Crippen LogP contribution in [0, 0.1) is 0 Å². The van der Waals surface area contributed by atoms with Gasteiger partial charge in [0.15, 0.2) is 0 Å². The molecule has 7 aromatic carbocycles. The summed E-state index contributed by atoms with van der Waals surface area (Å²) in [4.78, 5) is 4.65. The minimum absolute atomic E-state index is 0.975. The summed E-state index contributed by atoms with van der Waals surface area (Å²) in [6, 6.07) is 56.9. The molecule has 8 aromatic rings. The van der Waals surface area contributed by atoms with Gasteiger partial charge in [0, 0.05) is 11.8 Å². The first-order valence-corrected chi connectivity index (χ1v) is 14.4. The molecule has 0 aliphatic rings. The molecule has 0 radical (unpaired) electrons. The van der Waals surface area contributed by atoms with Crippen LogP contribution in [0.2, 0.25) is 0 Å². The van der Waals surface area contributed by atoms with Crippen molar-refractivity contribution >= 4 is 32.3 Å². The average molecular weight is 534 g/mol. The molecular weight excluding hydrogens is 506 g/mol. The minimum Gasteiger partial charge on any atom is -0.256 e. The molecule has 0 aliphatic heterocycles. The Morgan fingerprint density at radius 3 is 1.74 bits per heavy atom. The highest BCUT2D eigenvalue weighted by Crippen LogP contribution is 2.43. The Bertz CT molecular complexity index is 2230. The van der Waals surface area contributed by atoms with Gasteiger partial charge < -0.3 is 0 Å². The van der Waals surface area contributed by atoms with Crippen LogP contribution in [0.4, 0.5) is 0 Å². The summed E-state index contributed by atoms with van der Waals surface area (Å²) in [5.41, 5.74) is 9.44. The van der Waals surface area contributed by atoms with Crippen LogP contribution >= 0.6 is 0 Å². The van der Waals surface area contributed by atoms with Crippen LogP contribution in [-0.4, -0.2) is 4.98 Å². The van der Waals surface area contributed by atoms with Crippen molar-refractivity contribution in [2.45, 2.75) is 0 Å². The van der Waals surface area contributed by atoms with E-state index in [0.717, 1.165) is 11.3 Å². The molecule has 1 nitrogen and oxygen atoms in total. The van der Waals surface area contributed by atoms with Crippen LogP contribution in [0.15, 0.2) is 164 Å². The lowest BCUT2D eigenvalue weighted by atomic mass is 9.86. The van der Waals surface area contributed by atoms with E-state index in [1.165, 1.54) is 65.7 Å². The zero-order valence-corrected chi connectivity index (χ0v) is 23.0. The molecule has 0 unspecified atom stereocenters. The second kappa shape index (κ2) is 10.1. The van der Waals surface area contributed by atoms with E-state index in [2.05, 4.69) is 151 Å². The van der Waals surface area contributed by atoms with Gasteiger partial charge in [-0.25, -0.2) is 0 Å². The standard InChI is InChI=1S/C41H27N/c1-3-16-34-28(10-1)12-8-18-36(34)31-22-21-30-23-24-38(37-19-9-13-29-11-2-4-17-35(29)37)41(39(30)27-31)33-15-7-14-32(26-33)40-20-5-6-25-42-40/h1-27H. The zero-order chi connectivity index (χ0) is 27.9. The van der Waals surface area contributed by atoms with Crippen molar-refractivity contribution in [2.75, 3.05) is 0 Å². The van der Waals surface area contributed by atoms with Crippen molar-refractivity contribution in [1.29, 1.82) is 0 Å². The van der Waals surface area contributed by atoms with Crippen molar-refractivity contribution < 1.29 is 0 Å². The highest BCUT2D eigenvalue weighted by atomic mass is 14.7. The largest absolute Gasteiger partial charge is 0.256 e. The van der Waals surface area contributed by atoms with Crippen LogP contribution in [0.3, 0.4) is 0 Å². The van der Waals surface area contributed by atoms with E-state index in [9.17, 15) is 0 Å². The van der Waals surface area contributed by atoms with Gasteiger partial charge in [-0.1, -0.05) is 133 Å². The van der Waals surface area contributed by atoms with Crippen LogP contribution in [0.5, 0.6) is 0 Å². The number of aromatic nitrogens is 1. The molecule has 0 atom stereocenters. The average Bonchev–Trinajstić information content (AvgIpc) is 3.07. The monoisotopic (exact) mass is 533 g/mol. The smallest absolute Gasteiger partial charge is 0.0702 e. The Labute approximate surface area is 245 Å². The number of rotatable bonds is 4. The summed E-state index contributed by atoms with van der Waals surface area (Å²) in [6.07, 6.45) is 1.86. The number of fused-ring (bicyclic) bond motifs is 3. The summed E-state index contributed by atoms with van der Waals surface area (Å²) >= 11 is 0. The molecule has 0 fully saturated rings. The Kier molecular flexibility index (Phi) is 5.86. The molecule has 42 heavy (non-hydrogen) atoms. The summed E-state index contributed by atoms with van der Waals surface area (Å²) < 4.78 is 0. The molecule has 0 spiro atoms. The number of benzene rings is 7. The van der Waals surface area contributed by atoms with Crippen molar-refractivity contribution in [1.82, 2.24) is 4.98 Å². The van der Waals surface area contributed by atoms with Crippen molar-refractivity contribution in [3.05, 3.63) is 164 Å². The summed E-state index contributed by atoms with van der Waals surface area (Å²) in [5.74, 6) is 0. The Hall–Kier alpha value is -5.53. The molecule has 1 aromatic heterocycles. The third kappa shape index (κ3) is 4.15. The Balaban J connectivity index is 1.44. The molecule has 196 valence electrons. The van der Waals surface area contributed by atoms with Gasteiger partial charge >= 0.3 is 0 Å². The fourth-order valence-electron chi connectivity index (χ4n) is 6.33. The van der Waals surface area contributed by atoms with Gasteiger partial charge in [-0.15, -0.1) is 0 Å². The Morgan fingerprint density at radius 1 is 0.333 bits per heavy atom. The maximum absolute atomic E-state index is 4.65. The highest BCUT2D eigenvalue weighted by molar-refractivity contribution is 6.10. The minimum atomic E-state index is 0.975. The zero-order valence-electron chi connectivity index (χ0n) is 23.0. The van der Waals surface area contributed by atoms with E-state index < -0.39 is 0 Å². The SMILES string of the molecule is c1ccc(-c2cccc(-c3c(-c4cccc5ccccc45)ccc4ccc(-c5cccc6ccccc56)cc34)c2)nc1. The van der Waals surface area contributed by atoms with Crippen LogP contribution in [0.1, 0.15) is 0 Å². The molecule has 1 heterocycles. The van der Waals surface area contributed by atoms with Gasteiger partial charge in [-0.2, -0.15) is 0 Å². The predicted molar refractivity (Wildman–Crippen MR) is 178 cm³/mol. The lowest BCUT2D eigenvalue weighted by molar-refractivity contribution is 1.33. The Morgan fingerprint density at radius 2 is 0.952 bits per heavy atom. The van der Waals surface area contributed by atoms with Gasteiger partial charge in [0.1, 0.15) is 0 Å². The molecule has 1 heteroatoms. The molecule has 0 amide bonds. The first-order chi connectivity index (χ1) is 20.8. The second-order valence-corrected chi connectivity index (χ2v) is 10.8. The van der Waals surface area contributed by atoms with Gasteiger partial charge in [0.05, 0.1) is 5.69 Å².